The molecule has 1 aliphatic rings. The standard InChI is InChI=1S/C16H25FN2O/c1-12(11-19-7-3-4-8-19)10-18-13(2)15-6-5-14(20)9-16(15)17/h5-6,9,12-13,18,20H,3-4,7-8,10-11H2,1-2H3. The summed E-state index contributed by atoms with van der Waals surface area (Å²) in [6.07, 6.45) is 2.63. The fourth-order valence-corrected chi connectivity index (χ4v) is 2.83. The van der Waals surface area contributed by atoms with Crippen LogP contribution < -0.4 is 5.32 Å². The molecule has 4 heteroatoms. The van der Waals surface area contributed by atoms with Gasteiger partial charge >= 0.3 is 0 Å². The van der Waals surface area contributed by atoms with Gasteiger partial charge in [-0.15, -0.1) is 0 Å². The molecule has 2 unspecified atom stereocenters. The Labute approximate surface area is 120 Å². The van der Waals surface area contributed by atoms with E-state index in [-0.39, 0.29) is 17.6 Å². The molecule has 1 saturated heterocycles. The maximum atomic E-state index is 13.7. The van der Waals surface area contributed by atoms with Gasteiger partial charge in [0.2, 0.25) is 0 Å². The van der Waals surface area contributed by atoms with Gasteiger partial charge in [-0.1, -0.05) is 13.0 Å². The molecule has 0 spiro atoms. The number of benzene rings is 1. The van der Waals surface area contributed by atoms with E-state index in [0.717, 1.165) is 13.1 Å². The molecule has 1 aliphatic heterocycles. The van der Waals surface area contributed by atoms with Gasteiger partial charge in [0.1, 0.15) is 11.6 Å². The van der Waals surface area contributed by atoms with E-state index >= 15 is 0 Å². The van der Waals surface area contributed by atoms with Crippen LogP contribution in [0.4, 0.5) is 4.39 Å². The lowest BCUT2D eigenvalue weighted by Crippen LogP contribution is -2.32. The summed E-state index contributed by atoms with van der Waals surface area (Å²) in [5, 5.41) is 12.6. The Morgan fingerprint density at radius 2 is 2.00 bits per heavy atom. The van der Waals surface area contributed by atoms with Crippen LogP contribution in [-0.4, -0.2) is 36.2 Å². The first-order chi connectivity index (χ1) is 9.56. The van der Waals surface area contributed by atoms with Crippen LogP contribution in [0.1, 0.15) is 38.3 Å². The van der Waals surface area contributed by atoms with E-state index in [9.17, 15) is 9.50 Å². The van der Waals surface area contributed by atoms with Crippen molar-refractivity contribution in [3.8, 4) is 5.75 Å². The lowest BCUT2D eigenvalue weighted by Gasteiger charge is -2.23. The molecule has 1 aromatic rings. The van der Waals surface area contributed by atoms with Crippen molar-refractivity contribution >= 4 is 0 Å². The average Bonchev–Trinajstić information content (AvgIpc) is 2.89. The number of nitrogens with zero attached hydrogens (tertiary/aromatic N) is 1. The van der Waals surface area contributed by atoms with Gasteiger partial charge in [-0.05, 0) is 51.4 Å². The highest BCUT2D eigenvalue weighted by Gasteiger charge is 2.16. The topological polar surface area (TPSA) is 35.5 Å². The minimum absolute atomic E-state index is 0.0270. The monoisotopic (exact) mass is 280 g/mol. The highest BCUT2D eigenvalue weighted by molar-refractivity contribution is 5.29. The van der Waals surface area contributed by atoms with Gasteiger partial charge in [0.15, 0.2) is 0 Å². The summed E-state index contributed by atoms with van der Waals surface area (Å²) in [4.78, 5) is 2.50. The van der Waals surface area contributed by atoms with Crippen LogP contribution in [0.3, 0.4) is 0 Å². The number of hydrogen-bond donors (Lipinski definition) is 2. The number of halogens is 1. The number of aromatic hydroxyl groups is 1. The fraction of sp³-hybridized carbons (Fsp3) is 0.625. The van der Waals surface area contributed by atoms with Crippen LogP contribution in [0.15, 0.2) is 18.2 Å². The molecule has 2 rings (SSSR count). The van der Waals surface area contributed by atoms with Gasteiger partial charge in [0.25, 0.3) is 0 Å². The highest BCUT2D eigenvalue weighted by Crippen LogP contribution is 2.21. The Morgan fingerprint density at radius 1 is 1.30 bits per heavy atom. The van der Waals surface area contributed by atoms with Crippen molar-refractivity contribution in [2.24, 2.45) is 5.92 Å². The van der Waals surface area contributed by atoms with Gasteiger partial charge in [0.05, 0.1) is 0 Å². The molecule has 0 aromatic heterocycles. The second kappa shape index (κ2) is 7.04. The minimum atomic E-state index is -0.350. The van der Waals surface area contributed by atoms with Gasteiger partial charge < -0.3 is 15.3 Å². The molecule has 112 valence electrons. The predicted molar refractivity (Wildman–Crippen MR) is 79.3 cm³/mol. The van der Waals surface area contributed by atoms with Crippen molar-refractivity contribution in [2.75, 3.05) is 26.2 Å². The molecule has 0 amide bonds. The third kappa shape index (κ3) is 4.18. The number of phenolic OH excluding ortho intramolecular Hbond substituents is 1. The minimum Gasteiger partial charge on any atom is -0.508 e. The molecule has 20 heavy (non-hydrogen) atoms. The zero-order valence-electron chi connectivity index (χ0n) is 12.4. The Morgan fingerprint density at radius 3 is 2.65 bits per heavy atom. The van der Waals surface area contributed by atoms with Gasteiger partial charge in [-0.25, -0.2) is 4.39 Å². The molecule has 3 nitrogen and oxygen atoms in total. The van der Waals surface area contributed by atoms with Crippen molar-refractivity contribution in [3.05, 3.63) is 29.6 Å². The molecule has 0 radical (unpaired) electrons. The molecular formula is C16H25FN2O. The Bertz CT molecular complexity index is 432. The third-order valence-corrected chi connectivity index (χ3v) is 3.99. The Hall–Kier alpha value is -1.13. The van der Waals surface area contributed by atoms with Crippen LogP contribution >= 0.6 is 0 Å². The van der Waals surface area contributed by atoms with E-state index in [0.29, 0.717) is 11.5 Å². The first-order valence-electron chi connectivity index (χ1n) is 7.50. The maximum absolute atomic E-state index is 13.7. The Kier molecular flexibility index (Phi) is 5.38. The van der Waals surface area contributed by atoms with Crippen LogP contribution in [0.25, 0.3) is 0 Å². The second-order valence-corrected chi connectivity index (χ2v) is 5.95. The van der Waals surface area contributed by atoms with Crippen LogP contribution in [0.2, 0.25) is 0 Å². The zero-order chi connectivity index (χ0) is 14.5. The summed E-state index contributed by atoms with van der Waals surface area (Å²) in [6, 6.07) is 4.30. The molecule has 2 atom stereocenters. The van der Waals surface area contributed by atoms with Gasteiger partial charge in [0, 0.05) is 24.2 Å². The molecule has 1 aromatic carbocycles. The molecule has 0 saturated carbocycles. The number of hydrogen-bond acceptors (Lipinski definition) is 3. The smallest absolute Gasteiger partial charge is 0.131 e. The van der Waals surface area contributed by atoms with E-state index in [2.05, 4.69) is 17.1 Å². The largest absolute Gasteiger partial charge is 0.508 e. The van der Waals surface area contributed by atoms with E-state index in [1.807, 2.05) is 6.92 Å². The van der Waals surface area contributed by atoms with Crippen molar-refractivity contribution in [1.82, 2.24) is 10.2 Å². The Balaban J connectivity index is 1.80. The zero-order valence-corrected chi connectivity index (χ0v) is 12.4. The molecule has 1 fully saturated rings. The first kappa shape index (κ1) is 15.3. The average molecular weight is 280 g/mol. The number of rotatable bonds is 6. The predicted octanol–water partition coefficient (Wildman–Crippen LogP) is 2.91. The van der Waals surface area contributed by atoms with E-state index < -0.39 is 0 Å². The van der Waals surface area contributed by atoms with E-state index in [1.165, 1.54) is 38.1 Å². The summed E-state index contributed by atoms with van der Waals surface area (Å²) in [5.41, 5.74) is 0.608. The van der Waals surface area contributed by atoms with Crippen LogP contribution in [0, 0.1) is 11.7 Å². The quantitative estimate of drug-likeness (QED) is 0.841. The normalized spacial score (nSPS) is 19.1. The highest BCUT2D eigenvalue weighted by atomic mass is 19.1. The molecular weight excluding hydrogens is 255 g/mol. The van der Waals surface area contributed by atoms with Crippen molar-refractivity contribution < 1.29 is 9.50 Å². The van der Waals surface area contributed by atoms with Gasteiger partial charge in [-0.2, -0.15) is 0 Å². The molecule has 0 aliphatic carbocycles. The molecule has 2 N–H and O–H groups in total. The number of phenols is 1. The second-order valence-electron chi connectivity index (χ2n) is 5.95. The van der Waals surface area contributed by atoms with Gasteiger partial charge in [-0.3, -0.25) is 0 Å². The molecule has 1 heterocycles. The first-order valence-corrected chi connectivity index (χ1v) is 7.50. The van der Waals surface area contributed by atoms with Crippen LogP contribution in [0.5, 0.6) is 5.75 Å². The summed E-state index contributed by atoms with van der Waals surface area (Å²) < 4.78 is 13.7. The summed E-state index contributed by atoms with van der Waals surface area (Å²) in [7, 11) is 0. The van der Waals surface area contributed by atoms with E-state index in [1.54, 1.807) is 6.07 Å². The maximum Gasteiger partial charge on any atom is 0.131 e. The SMILES string of the molecule is CC(CNC(C)c1ccc(O)cc1F)CN1CCCC1. The molecule has 0 bridgehead atoms. The van der Waals surface area contributed by atoms with Crippen molar-refractivity contribution in [3.63, 3.8) is 0 Å². The summed E-state index contributed by atoms with van der Waals surface area (Å²) >= 11 is 0. The third-order valence-electron chi connectivity index (χ3n) is 3.99. The number of nitrogens with one attached hydrogen (secondary N) is 1. The van der Waals surface area contributed by atoms with E-state index in [4.69, 9.17) is 0 Å². The van der Waals surface area contributed by atoms with Crippen LogP contribution in [-0.2, 0) is 0 Å². The lowest BCUT2D eigenvalue weighted by atomic mass is 10.1. The fourth-order valence-electron chi connectivity index (χ4n) is 2.83. The van der Waals surface area contributed by atoms with Crippen molar-refractivity contribution in [2.45, 2.75) is 32.7 Å². The number of likely N-dealkylation sites (tertiary alicyclic amines) is 1. The summed E-state index contributed by atoms with van der Waals surface area (Å²) in [5.74, 6) is 0.175. The lowest BCUT2D eigenvalue weighted by molar-refractivity contribution is 0.278. The summed E-state index contributed by atoms with van der Waals surface area (Å²) in [6.45, 7) is 8.60. The van der Waals surface area contributed by atoms with Crippen molar-refractivity contribution in [1.29, 1.82) is 0 Å².